The molecule has 3 aromatic rings. The summed E-state index contributed by atoms with van der Waals surface area (Å²) in [6.07, 6.45) is -2.96. The van der Waals surface area contributed by atoms with Crippen molar-refractivity contribution >= 4 is 27.5 Å². The Kier molecular flexibility index (Phi) is 6.21. The SMILES string of the molecule is Cc1nc(Nc2ccccn2)cc(N2CCN(S(=O)(=O)c3cccc(C(F)(F)F)c3)CC2)n1. The van der Waals surface area contributed by atoms with Crippen LogP contribution in [0.1, 0.15) is 11.4 Å². The number of aryl methyl sites for hydroxylation is 1. The van der Waals surface area contributed by atoms with Crippen LogP contribution in [0.3, 0.4) is 0 Å². The number of piperazine rings is 1. The molecule has 0 atom stereocenters. The molecule has 3 heterocycles. The zero-order valence-electron chi connectivity index (χ0n) is 17.6. The van der Waals surface area contributed by atoms with Gasteiger partial charge in [0.2, 0.25) is 10.0 Å². The minimum atomic E-state index is -4.61. The summed E-state index contributed by atoms with van der Waals surface area (Å²) < 4.78 is 66.0. The van der Waals surface area contributed by atoms with Crippen molar-refractivity contribution in [2.75, 3.05) is 36.4 Å². The number of benzene rings is 1. The number of sulfonamides is 1. The highest BCUT2D eigenvalue weighted by atomic mass is 32.2. The second-order valence-electron chi connectivity index (χ2n) is 7.42. The van der Waals surface area contributed by atoms with E-state index in [1.807, 2.05) is 11.0 Å². The Balaban J connectivity index is 1.48. The lowest BCUT2D eigenvalue weighted by Gasteiger charge is -2.34. The van der Waals surface area contributed by atoms with E-state index in [4.69, 9.17) is 0 Å². The summed E-state index contributed by atoms with van der Waals surface area (Å²) in [7, 11) is -4.05. The summed E-state index contributed by atoms with van der Waals surface area (Å²) in [5.41, 5.74) is -0.994. The molecule has 174 valence electrons. The van der Waals surface area contributed by atoms with E-state index in [0.29, 0.717) is 42.4 Å². The summed E-state index contributed by atoms with van der Waals surface area (Å²) in [6.45, 7) is 2.64. The van der Waals surface area contributed by atoms with Crippen molar-refractivity contribution in [1.82, 2.24) is 19.3 Å². The normalized spacial score (nSPS) is 15.5. The molecular weight excluding hydrogens is 457 g/mol. The lowest BCUT2D eigenvalue weighted by molar-refractivity contribution is -0.137. The first-order valence-corrected chi connectivity index (χ1v) is 11.5. The predicted octanol–water partition coefficient (Wildman–Crippen LogP) is 3.45. The van der Waals surface area contributed by atoms with Gasteiger partial charge < -0.3 is 10.2 Å². The standard InChI is InChI=1S/C21H21F3N6O2S/c1-15-26-19(28-18-7-2-3-8-25-18)14-20(27-15)29-9-11-30(12-10-29)33(31,32)17-6-4-5-16(13-17)21(22,23)24/h2-8,13-14H,9-12H2,1H3,(H,25,26,27,28). The molecule has 1 N–H and O–H groups in total. The van der Waals surface area contributed by atoms with E-state index in [9.17, 15) is 21.6 Å². The second-order valence-corrected chi connectivity index (χ2v) is 9.35. The lowest BCUT2D eigenvalue weighted by atomic mass is 10.2. The summed E-state index contributed by atoms with van der Waals surface area (Å²) in [5, 5.41) is 3.11. The smallest absolute Gasteiger partial charge is 0.354 e. The molecular formula is C21H21F3N6O2S. The third-order valence-corrected chi connectivity index (χ3v) is 7.00. The highest BCUT2D eigenvalue weighted by Crippen LogP contribution is 2.31. The van der Waals surface area contributed by atoms with Gasteiger partial charge in [0.25, 0.3) is 0 Å². The van der Waals surface area contributed by atoms with Gasteiger partial charge in [0, 0.05) is 38.4 Å². The highest BCUT2D eigenvalue weighted by Gasteiger charge is 2.34. The summed E-state index contributed by atoms with van der Waals surface area (Å²) >= 11 is 0. The van der Waals surface area contributed by atoms with E-state index >= 15 is 0 Å². The zero-order valence-corrected chi connectivity index (χ0v) is 18.4. The molecule has 0 radical (unpaired) electrons. The molecule has 0 spiro atoms. The number of nitrogens with one attached hydrogen (secondary N) is 1. The van der Waals surface area contributed by atoms with Crippen molar-refractivity contribution in [2.45, 2.75) is 18.0 Å². The zero-order chi connectivity index (χ0) is 23.6. The molecule has 0 unspecified atom stereocenters. The van der Waals surface area contributed by atoms with Crippen molar-refractivity contribution < 1.29 is 21.6 Å². The van der Waals surface area contributed by atoms with Crippen molar-refractivity contribution in [3.05, 3.63) is 66.1 Å². The number of aromatic nitrogens is 3. The van der Waals surface area contributed by atoms with Gasteiger partial charge in [0.1, 0.15) is 23.3 Å². The predicted molar refractivity (Wildman–Crippen MR) is 117 cm³/mol. The van der Waals surface area contributed by atoms with Crippen molar-refractivity contribution in [1.29, 1.82) is 0 Å². The molecule has 1 saturated heterocycles. The maximum Gasteiger partial charge on any atom is 0.416 e. The fourth-order valence-electron chi connectivity index (χ4n) is 3.49. The van der Waals surface area contributed by atoms with Crippen LogP contribution in [0.2, 0.25) is 0 Å². The first kappa shape index (κ1) is 22.9. The maximum absolute atomic E-state index is 13.0. The number of pyridine rings is 1. The average Bonchev–Trinajstić information content (AvgIpc) is 2.79. The quantitative estimate of drug-likeness (QED) is 0.601. The van der Waals surface area contributed by atoms with E-state index in [-0.39, 0.29) is 18.0 Å². The molecule has 1 aliphatic rings. The average molecular weight is 479 g/mol. The lowest BCUT2D eigenvalue weighted by Crippen LogP contribution is -2.49. The molecule has 0 bridgehead atoms. The molecule has 0 saturated carbocycles. The summed E-state index contributed by atoms with van der Waals surface area (Å²) in [4.78, 5) is 14.6. The Bertz CT molecular complexity index is 1230. The van der Waals surface area contributed by atoms with Crippen LogP contribution in [0.25, 0.3) is 0 Å². The summed E-state index contributed by atoms with van der Waals surface area (Å²) in [5.74, 6) is 2.33. The van der Waals surface area contributed by atoms with Gasteiger partial charge in [0.15, 0.2) is 0 Å². The fourth-order valence-corrected chi connectivity index (χ4v) is 4.95. The Morgan fingerprint density at radius 3 is 2.36 bits per heavy atom. The molecule has 33 heavy (non-hydrogen) atoms. The van der Waals surface area contributed by atoms with Gasteiger partial charge in [-0.15, -0.1) is 0 Å². The third-order valence-electron chi connectivity index (χ3n) is 5.11. The van der Waals surface area contributed by atoms with Gasteiger partial charge >= 0.3 is 6.18 Å². The number of hydrogen-bond donors (Lipinski definition) is 1. The molecule has 1 aromatic carbocycles. The number of rotatable bonds is 5. The van der Waals surface area contributed by atoms with Crippen LogP contribution in [0.15, 0.2) is 59.6 Å². The van der Waals surface area contributed by atoms with Crippen LogP contribution < -0.4 is 10.2 Å². The Labute approximate surface area is 189 Å². The van der Waals surface area contributed by atoms with E-state index in [0.717, 1.165) is 12.1 Å². The fraction of sp³-hybridized carbons (Fsp3) is 0.286. The van der Waals surface area contributed by atoms with Crippen LogP contribution >= 0.6 is 0 Å². The maximum atomic E-state index is 13.0. The van der Waals surface area contributed by atoms with Gasteiger partial charge in [-0.25, -0.2) is 23.4 Å². The number of nitrogens with zero attached hydrogens (tertiary/aromatic N) is 5. The highest BCUT2D eigenvalue weighted by molar-refractivity contribution is 7.89. The molecule has 0 aliphatic carbocycles. The molecule has 1 aliphatic heterocycles. The van der Waals surface area contributed by atoms with Crippen LogP contribution in [0, 0.1) is 6.92 Å². The second kappa shape index (κ2) is 8.94. The van der Waals surface area contributed by atoms with Crippen molar-refractivity contribution in [3.63, 3.8) is 0 Å². The van der Waals surface area contributed by atoms with Crippen LogP contribution in [-0.4, -0.2) is 53.9 Å². The molecule has 8 nitrogen and oxygen atoms in total. The molecule has 0 amide bonds. The van der Waals surface area contributed by atoms with Gasteiger partial charge in [-0.1, -0.05) is 12.1 Å². The molecule has 1 fully saturated rings. The molecule has 12 heteroatoms. The van der Waals surface area contributed by atoms with E-state index in [1.165, 1.54) is 10.4 Å². The van der Waals surface area contributed by atoms with Crippen LogP contribution in [-0.2, 0) is 16.2 Å². The number of halogens is 3. The van der Waals surface area contributed by atoms with Crippen molar-refractivity contribution in [3.8, 4) is 0 Å². The van der Waals surface area contributed by atoms with E-state index < -0.39 is 21.8 Å². The van der Waals surface area contributed by atoms with E-state index in [2.05, 4.69) is 20.3 Å². The minimum absolute atomic E-state index is 0.116. The van der Waals surface area contributed by atoms with Gasteiger partial charge in [0.05, 0.1) is 10.5 Å². The van der Waals surface area contributed by atoms with E-state index in [1.54, 1.807) is 31.3 Å². The number of alkyl halides is 3. The Morgan fingerprint density at radius 1 is 0.939 bits per heavy atom. The molecule has 4 rings (SSSR count). The van der Waals surface area contributed by atoms with Crippen LogP contribution in [0.4, 0.5) is 30.6 Å². The Morgan fingerprint density at radius 2 is 1.70 bits per heavy atom. The number of anilines is 3. The first-order chi connectivity index (χ1) is 15.6. The van der Waals surface area contributed by atoms with Gasteiger partial charge in [-0.05, 0) is 37.3 Å². The first-order valence-electron chi connectivity index (χ1n) is 10.1. The third kappa shape index (κ3) is 5.22. The topological polar surface area (TPSA) is 91.3 Å². The van der Waals surface area contributed by atoms with Crippen LogP contribution in [0.5, 0.6) is 0 Å². The van der Waals surface area contributed by atoms with Gasteiger partial charge in [-0.2, -0.15) is 17.5 Å². The molecule has 2 aromatic heterocycles. The Hall–Kier alpha value is -3.25. The number of hydrogen-bond acceptors (Lipinski definition) is 7. The van der Waals surface area contributed by atoms with Gasteiger partial charge in [-0.3, -0.25) is 0 Å². The largest absolute Gasteiger partial charge is 0.416 e. The monoisotopic (exact) mass is 478 g/mol. The van der Waals surface area contributed by atoms with Crippen molar-refractivity contribution in [2.24, 2.45) is 0 Å². The minimum Gasteiger partial charge on any atom is -0.354 e. The summed E-state index contributed by atoms with van der Waals surface area (Å²) in [6, 6.07) is 11.0.